The fraction of sp³-hybridized carbons (Fsp3) is 0.400. The van der Waals surface area contributed by atoms with E-state index in [2.05, 4.69) is 0 Å². The molecule has 17 heavy (non-hydrogen) atoms. The van der Waals surface area contributed by atoms with Gasteiger partial charge in [-0.1, -0.05) is 30.3 Å². The molecule has 0 aliphatic rings. The van der Waals surface area contributed by atoms with Crippen LogP contribution >= 0.6 is 0 Å². The van der Waals surface area contributed by atoms with Crippen LogP contribution in [0.3, 0.4) is 0 Å². The Balaban J connectivity index is 2.96. The lowest BCUT2D eigenvalue weighted by Gasteiger charge is -2.26. The molecule has 0 fully saturated rings. The van der Waals surface area contributed by atoms with Gasteiger partial charge < -0.3 is 5.11 Å². The first-order valence-corrected chi connectivity index (χ1v) is 4.69. The third kappa shape index (κ3) is 3.42. The SMILES string of the molecule is O=[N+]([O-])C[C@](O)(Cc1ccccc1)C(F)(F)F. The molecule has 1 aromatic carbocycles. The second-order valence-corrected chi connectivity index (χ2v) is 3.68. The highest BCUT2D eigenvalue weighted by Gasteiger charge is 2.57. The smallest absolute Gasteiger partial charge is 0.375 e. The first kappa shape index (κ1) is 13.4. The molecular formula is C10H10F3NO3. The lowest BCUT2D eigenvalue weighted by Crippen LogP contribution is -2.52. The zero-order valence-electron chi connectivity index (χ0n) is 8.65. The summed E-state index contributed by atoms with van der Waals surface area (Å²) in [5.74, 6) is 0. The number of nitro groups is 1. The maximum Gasteiger partial charge on any atom is 0.424 e. The number of aliphatic hydroxyl groups is 1. The summed E-state index contributed by atoms with van der Waals surface area (Å²) in [6.07, 6.45) is -5.88. The van der Waals surface area contributed by atoms with Gasteiger partial charge in [0.15, 0.2) is 0 Å². The van der Waals surface area contributed by atoms with E-state index in [1.54, 1.807) is 6.07 Å². The van der Waals surface area contributed by atoms with Crippen molar-refractivity contribution in [1.29, 1.82) is 0 Å². The van der Waals surface area contributed by atoms with E-state index in [0.29, 0.717) is 0 Å². The molecule has 0 saturated heterocycles. The first-order valence-electron chi connectivity index (χ1n) is 4.69. The predicted octanol–water partition coefficient (Wildman–Crippen LogP) is 1.80. The quantitative estimate of drug-likeness (QED) is 0.653. The van der Waals surface area contributed by atoms with Crippen LogP contribution in [-0.2, 0) is 6.42 Å². The summed E-state index contributed by atoms with van der Waals surface area (Å²) >= 11 is 0. The van der Waals surface area contributed by atoms with E-state index >= 15 is 0 Å². The maximum absolute atomic E-state index is 12.6. The maximum atomic E-state index is 12.6. The average Bonchev–Trinajstić information content (AvgIpc) is 2.15. The Morgan fingerprint density at radius 2 is 1.76 bits per heavy atom. The van der Waals surface area contributed by atoms with Crippen LogP contribution in [0.5, 0.6) is 0 Å². The van der Waals surface area contributed by atoms with Gasteiger partial charge in [0.25, 0.3) is 0 Å². The lowest BCUT2D eigenvalue weighted by molar-refractivity contribution is -0.515. The van der Waals surface area contributed by atoms with Crippen molar-refractivity contribution in [3.05, 3.63) is 46.0 Å². The lowest BCUT2D eigenvalue weighted by atomic mass is 9.94. The van der Waals surface area contributed by atoms with Crippen LogP contribution in [0, 0.1) is 10.1 Å². The molecule has 1 atom stereocenters. The predicted molar refractivity (Wildman–Crippen MR) is 53.0 cm³/mol. The molecule has 0 spiro atoms. The van der Waals surface area contributed by atoms with Gasteiger partial charge in [-0.3, -0.25) is 10.1 Å². The van der Waals surface area contributed by atoms with Crippen molar-refractivity contribution in [3.63, 3.8) is 0 Å². The summed E-state index contributed by atoms with van der Waals surface area (Å²) in [5.41, 5.74) is -3.15. The number of halogens is 3. The van der Waals surface area contributed by atoms with Crippen molar-refractivity contribution in [2.75, 3.05) is 6.54 Å². The van der Waals surface area contributed by atoms with E-state index in [0.717, 1.165) is 0 Å². The van der Waals surface area contributed by atoms with Gasteiger partial charge in [-0.15, -0.1) is 0 Å². The largest absolute Gasteiger partial charge is 0.424 e. The highest BCUT2D eigenvalue weighted by atomic mass is 19.4. The Morgan fingerprint density at radius 1 is 1.24 bits per heavy atom. The monoisotopic (exact) mass is 249 g/mol. The summed E-state index contributed by atoms with van der Waals surface area (Å²) in [7, 11) is 0. The molecule has 0 saturated carbocycles. The van der Waals surface area contributed by atoms with Crippen molar-refractivity contribution in [2.45, 2.75) is 18.2 Å². The van der Waals surface area contributed by atoms with Crippen LogP contribution in [0.25, 0.3) is 0 Å². The Hall–Kier alpha value is -1.63. The van der Waals surface area contributed by atoms with E-state index in [-0.39, 0.29) is 5.56 Å². The molecule has 0 amide bonds. The second kappa shape index (κ2) is 4.70. The molecular weight excluding hydrogens is 239 g/mol. The Bertz CT molecular complexity index is 394. The summed E-state index contributed by atoms with van der Waals surface area (Å²) in [5, 5.41) is 19.6. The van der Waals surface area contributed by atoms with Gasteiger partial charge in [0.1, 0.15) is 0 Å². The van der Waals surface area contributed by atoms with E-state index in [1.165, 1.54) is 24.3 Å². The number of alkyl halides is 3. The summed E-state index contributed by atoms with van der Waals surface area (Å²) in [6.45, 7) is -1.56. The molecule has 94 valence electrons. The second-order valence-electron chi connectivity index (χ2n) is 3.68. The van der Waals surface area contributed by atoms with Crippen LogP contribution in [0.4, 0.5) is 13.2 Å². The molecule has 0 bridgehead atoms. The highest BCUT2D eigenvalue weighted by molar-refractivity contribution is 5.17. The third-order valence-electron chi connectivity index (χ3n) is 2.26. The van der Waals surface area contributed by atoms with Gasteiger partial charge in [-0.25, -0.2) is 0 Å². The van der Waals surface area contributed by atoms with E-state index in [1.807, 2.05) is 0 Å². The van der Waals surface area contributed by atoms with E-state index in [9.17, 15) is 28.4 Å². The Morgan fingerprint density at radius 3 is 2.18 bits per heavy atom. The molecule has 4 nitrogen and oxygen atoms in total. The highest BCUT2D eigenvalue weighted by Crippen LogP contribution is 2.33. The molecule has 0 aromatic heterocycles. The molecule has 0 aliphatic heterocycles. The normalized spacial score (nSPS) is 15.3. The summed E-state index contributed by atoms with van der Waals surface area (Å²) in [6, 6.07) is 7.34. The first-order chi connectivity index (χ1) is 7.74. The van der Waals surface area contributed by atoms with Crippen LogP contribution in [-0.4, -0.2) is 28.4 Å². The number of rotatable bonds is 4. The van der Waals surface area contributed by atoms with Crippen LogP contribution in [0.1, 0.15) is 5.56 Å². The van der Waals surface area contributed by atoms with Gasteiger partial charge in [0.2, 0.25) is 12.1 Å². The zero-order valence-corrected chi connectivity index (χ0v) is 8.65. The molecule has 1 aromatic rings. The van der Waals surface area contributed by atoms with Crippen LogP contribution < -0.4 is 0 Å². The molecule has 0 aliphatic carbocycles. The molecule has 0 heterocycles. The van der Waals surface area contributed by atoms with Gasteiger partial charge in [0.05, 0.1) is 0 Å². The molecule has 0 radical (unpaired) electrons. The number of benzene rings is 1. The van der Waals surface area contributed by atoms with Crippen LogP contribution in [0.15, 0.2) is 30.3 Å². The van der Waals surface area contributed by atoms with Crippen molar-refractivity contribution in [3.8, 4) is 0 Å². The standard InChI is InChI=1S/C10H10F3NO3/c11-10(12,13)9(15,7-14(16)17)6-8-4-2-1-3-5-8/h1-5,15H,6-7H2/t9-/m1/s1. The molecule has 7 heteroatoms. The Kier molecular flexibility index (Phi) is 3.72. The fourth-order valence-electron chi connectivity index (χ4n) is 1.39. The zero-order chi connectivity index (χ0) is 13.1. The van der Waals surface area contributed by atoms with E-state index < -0.39 is 29.7 Å². The number of hydrogen-bond acceptors (Lipinski definition) is 3. The van der Waals surface area contributed by atoms with Gasteiger partial charge >= 0.3 is 6.18 Å². The fourth-order valence-corrected chi connectivity index (χ4v) is 1.39. The average molecular weight is 249 g/mol. The van der Waals surface area contributed by atoms with Crippen molar-refractivity contribution in [2.24, 2.45) is 0 Å². The summed E-state index contributed by atoms with van der Waals surface area (Å²) < 4.78 is 37.8. The molecule has 1 N–H and O–H groups in total. The van der Waals surface area contributed by atoms with E-state index in [4.69, 9.17) is 0 Å². The van der Waals surface area contributed by atoms with Crippen molar-refractivity contribution < 1.29 is 23.2 Å². The van der Waals surface area contributed by atoms with Gasteiger partial charge in [0, 0.05) is 11.3 Å². The number of hydrogen-bond donors (Lipinski definition) is 1. The van der Waals surface area contributed by atoms with Crippen molar-refractivity contribution >= 4 is 0 Å². The van der Waals surface area contributed by atoms with Gasteiger partial charge in [-0.05, 0) is 5.56 Å². The van der Waals surface area contributed by atoms with Crippen LogP contribution in [0.2, 0.25) is 0 Å². The number of nitrogens with zero attached hydrogens (tertiary/aromatic N) is 1. The minimum atomic E-state index is -5.05. The molecule has 1 rings (SSSR count). The van der Waals surface area contributed by atoms with Crippen molar-refractivity contribution in [1.82, 2.24) is 0 Å². The Labute approximate surface area is 94.8 Å². The minimum Gasteiger partial charge on any atom is -0.375 e. The minimum absolute atomic E-state index is 0.189. The molecule has 0 unspecified atom stereocenters. The third-order valence-corrected chi connectivity index (χ3v) is 2.26. The van der Waals surface area contributed by atoms with Gasteiger partial charge in [-0.2, -0.15) is 13.2 Å². The topological polar surface area (TPSA) is 63.4 Å². The summed E-state index contributed by atoms with van der Waals surface area (Å²) in [4.78, 5) is 9.03.